The van der Waals surface area contributed by atoms with Crippen LogP contribution in [-0.2, 0) is 26.0 Å². The average Bonchev–Trinajstić information content (AvgIpc) is 3.69. The van der Waals surface area contributed by atoms with Crippen molar-refractivity contribution in [2.75, 3.05) is 18.9 Å². The number of pyridine rings is 1. The fourth-order valence-electron chi connectivity index (χ4n) is 4.55. The number of nitrogens with zero attached hydrogens (tertiary/aromatic N) is 3. The molecule has 0 N–H and O–H groups in total. The Morgan fingerprint density at radius 1 is 1.09 bits per heavy atom. The van der Waals surface area contributed by atoms with E-state index in [9.17, 15) is 27.3 Å². The zero-order chi connectivity index (χ0) is 32.3. The molecule has 0 unspecified atom stereocenters. The first kappa shape index (κ1) is 33.5. The van der Waals surface area contributed by atoms with Crippen molar-refractivity contribution in [3.63, 3.8) is 0 Å². The van der Waals surface area contributed by atoms with Crippen LogP contribution in [0, 0.1) is 17.2 Å². The number of carbonyl (C=O) groups excluding carboxylic acids is 1. The number of hydrogen-bond donors (Lipinski definition) is 0. The smallest absolute Gasteiger partial charge is 0.387 e. The van der Waals surface area contributed by atoms with Gasteiger partial charge in [0.15, 0.2) is 16.9 Å². The van der Waals surface area contributed by atoms with Gasteiger partial charge in [-0.25, -0.2) is 13.2 Å². The molecule has 2 atom stereocenters. The predicted octanol–water partition coefficient (Wildman–Crippen LogP) is 6.89. The summed E-state index contributed by atoms with van der Waals surface area (Å²) in [5.74, 6) is -0.488. The number of esters is 1. The van der Waals surface area contributed by atoms with Gasteiger partial charge in [-0.15, -0.1) is 11.8 Å². The second-order valence-electron chi connectivity index (χ2n) is 10.1. The van der Waals surface area contributed by atoms with Crippen LogP contribution in [0.4, 0.5) is 8.78 Å². The minimum absolute atomic E-state index is 0.0224. The Hall–Kier alpha value is -2.86. The van der Waals surface area contributed by atoms with E-state index in [1.54, 1.807) is 0 Å². The van der Waals surface area contributed by atoms with Gasteiger partial charge in [0.1, 0.15) is 11.0 Å². The van der Waals surface area contributed by atoms with E-state index in [1.807, 2.05) is 6.07 Å². The van der Waals surface area contributed by atoms with E-state index in [-0.39, 0.29) is 62.4 Å². The van der Waals surface area contributed by atoms with E-state index in [1.165, 1.54) is 42.7 Å². The molecule has 5 rings (SSSR count). The van der Waals surface area contributed by atoms with Crippen LogP contribution in [0.15, 0.2) is 53.7 Å². The van der Waals surface area contributed by atoms with Crippen molar-refractivity contribution in [3.8, 4) is 17.6 Å². The number of benzene rings is 2. The van der Waals surface area contributed by atoms with Crippen LogP contribution in [0.1, 0.15) is 35.6 Å². The van der Waals surface area contributed by atoms with Crippen LogP contribution in [0.25, 0.3) is 0 Å². The zero-order valence-corrected chi connectivity index (χ0v) is 27.1. The zero-order valence-electron chi connectivity index (χ0n) is 23.2. The van der Waals surface area contributed by atoms with E-state index in [2.05, 4.69) is 9.72 Å². The third-order valence-corrected chi connectivity index (χ3v) is 11.3. The summed E-state index contributed by atoms with van der Waals surface area (Å²) in [6, 6.07) is 9.86. The fraction of sp³-hybridized carbons (Fsp3) is 0.345. The molecule has 45 heavy (non-hydrogen) atoms. The van der Waals surface area contributed by atoms with E-state index < -0.39 is 34.1 Å². The van der Waals surface area contributed by atoms with Gasteiger partial charge in [-0.2, -0.15) is 18.3 Å². The molecule has 16 heteroatoms. The molecule has 9 nitrogen and oxygen atoms in total. The monoisotopic (exact) mass is 717 g/mol. The van der Waals surface area contributed by atoms with E-state index in [0.29, 0.717) is 17.0 Å². The SMILES string of the molecule is N#Cc1ccc(Cl)c(S(=O)(=O)N2CCS[C@H]2C(=O)O[C@@H](Cc2c(Cl)cncc2Cl)c2ccc(OC(F)F)c(OCC3CC3)c2)c1. The number of carbonyl (C=O) groups is 1. The number of aromatic nitrogens is 1. The number of alkyl halides is 2. The minimum Gasteiger partial charge on any atom is -0.489 e. The second kappa shape index (κ2) is 14.3. The lowest BCUT2D eigenvalue weighted by Crippen LogP contribution is -2.40. The first-order chi connectivity index (χ1) is 21.5. The molecule has 2 aliphatic rings. The summed E-state index contributed by atoms with van der Waals surface area (Å²) in [5.41, 5.74) is 0.805. The largest absolute Gasteiger partial charge is 0.489 e. The third kappa shape index (κ3) is 7.93. The van der Waals surface area contributed by atoms with Crippen molar-refractivity contribution >= 4 is 62.6 Å². The number of ether oxygens (including phenoxy) is 3. The Labute approximate surface area is 277 Å². The highest BCUT2D eigenvalue weighted by molar-refractivity contribution is 8.02. The van der Waals surface area contributed by atoms with Crippen LogP contribution >= 0.6 is 46.6 Å². The van der Waals surface area contributed by atoms with E-state index in [4.69, 9.17) is 44.3 Å². The van der Waals surface area contributed by atoms with E-state index in [0.717, 1.165) is 35.0 Å². The summed E-state index contributed by atoms with van der Waals surface area (Å²) < 4.78 is 71.0. The van der Waals surface area contributed by atoms with Crippen LogP contribution in [0.3, 0.4) is 0 Å². The second-order valence-corrected chi connectivity index (χ2v) is 14.4. The number of halogens is 5. The first-order valence-corrected chi connectivity index (χ1v) is 17.1. The van der Waals surface area contributed by atoms with Crippen molar-refractivity contribution in [1.29, 1.82) is 5.26 Å². The molecule has 0 bridgehead atoms. The Bertz CT molecular complexity index is 1720. The van der Waals surface area contributed by atoms with E-state index >= 15 is 0 Å². The van der Waals surface area contributed by atoms with Gasteiger partial charge in [-0.05, 0) is 60.2 Å². The summed E-state index contributed by atoms with van der Waals surface area (Å²) >= 11 is 20.0. The van der Waals surface area contributed by atoms with Gasteiger partial charge in [-0.3, -0.25) is 4.98 Å². The molecule has 1 saturated carbocycles. The Morgan fingerprint density at radius 2 is 1.82 bits per heavy atom. The lowest BCUT2D eigenvalue weighted by atomic mass is 10.0. The van der Waals surface area contributed by atoms with Crippen molar-refractivity contribution < 1.29 is 36.2 Å². The van der Waals surface area contributed by atoms with Gasteiger partial charge in [-0.1, -0.05) is 40.9 Å². The third-order valence-electron chi connectivity index (χ3n) is 7.02. The van der Waals surface area contributed by atoms with Gasteiger partial charge < -0.3 is 14.2 Å². The van der Waals surface area contributed by atoms with Gasteiger partial charge in [0.2, 0.25) is 10.0 Å². The molecule has 2 aromatic carbocycles. The number of sulfonamides is 1. The van der Waals surface area contributed by atoms with Crippen molar-refractivity contribution in [2.45, 2.75) is 42.2 Å². The van der Waals surface area contributed by atoms with Crippen molar-refractivity contribution in [3.05, 3.63) is 80.6 Å². The summed E-state index contributed by atoms with van der Waals surface area (Å²) in [6.07, 6.45) is 3.46. The summed E-state index contributed by atoms with van der Waals surface area (Å²) in [7, 11) is -4.33. The highest BCUT2D eigenvalue weighted by Crippen LogP contribution is 2.40. The first-order valence-electron chi connectivity index (χ1n) is 13.5. The molecule has 2 heterocycles. The lowest BCUT2D eigenvalue weighted by Gasteiger charge is -2.26. The maximum absolute atomic E-state index is 13.7. The maximum atomic E-state index is 13.7. The quantitative estimate of drug-likeness (QED) is 0.184. The molecule has 0 spiro atoms. The van der Waals surface area contributed by atoms with Crippen LogP contribution in [-0.4, -0.2) is 54.6 Å². The molecule has 1 aromatic heterocycles. The molecule has 1 aliphatic heterocycles. The average molecular weight is 719 g/mol. The molecular weight excluding hydrogens is 695 g/mol. The fourth-order valence-corrected chi connectivity index (χ4v) is 8.62. The molecule has 0 amide bonds. The molecule has 1 saturated heterocycles. The van der Waals surface area contributed by atoms with Crippen LogP contribution in [0.2, 0.25) is 15.1 Å². The van der Waals surface area contributed by atoms with Gasteiger partial charge in [0, 0.05) is 31.1 Å². The maximum Gasteiger partial charge on any atom is 0.387 e. The highest BCUT2D eigenvalue weighted by Gasteiger charge is 2.43. The standard InChI is InChI=1S/C29H24Cl3F2N3O6S2/c30-20-5-3-17(12-35)9-26(20)45(39,40)37-7-8-44-27(37)28(38)42-24(11-19-21(31)13-36-14-22(19)32)18-4-6-23(43-29(33)34)25(10-18)41-15-16-1-2-16/h3-6,9-10,13-14,16,24,27,29H,1-2,7-8,11,15H2/t24-,27-/m0/s1. The van der Waals surface area contributed by atoms with Crippen molar-refractivity contribution in [2.24, 2.45) is 5.92 Å². The molecule has 3 aromatic rings. The Kier molecular flexibility index (Phi) is 10.6. The lowest BCUT2D eigenvalue weighted by molar-refractivity contribution is -0.150. The summed E-state index contributed by atoms with van der Waals surface area (Å²) in [4.78, 5) is 17.4. The molecule has 1 aliphatic carbocycles. The highest BCUT2D eigenvalue weighted by atomic mass is 35.5. The Balaban J connectivity index is 1.48. The minimum atomic E-state index is -4.33. The van der Waals surface area contributed by atoms with Crippen LogP contribution < -0.4 is 9.47 Å². The molecular formula is C29H24Cl3F2N3O6S2. The number of hydrogen-bond acceptors (Lipinski definition) is 9. The number of nitriles is 1. The normalized spacial score (nSPS) is 17.6. The van der Waals surface area contributed by atoms with Gasteiger partial charge >= 0.3 is 12.6 Å². The van der Waals surface area contributed by atoms with Gasteiger partial charge in [0.05, 0.1) is 33.3 Å². The molecule has 0 radical (unpaired) electrons. The summed E-state index contributed by atoms with van der Waals surface area (Å²) in [6.45, 7) is -2.83. The van der Waals surface area contributed by atoms with Crippen molar-refractivity contribution in [1.82, 2.24) is 9.29 Å². The predicted molar refractivity (Wildman–Crippen MR) is 164 cm³/mol. The summed E-state index contributed by atoms with van der Waals surface area (Å²) in [5, 5.41) is 8.26. The van der Waals surface area contributed by atoms with Gasteiger partial charge in [0.25, 0.3) is 0 Å². The Morgan fingerprint density at radius 3 is 2.49 bits per heavy atom. The number of rotatable bonds is 12. The number of thioether (sulfide) groups is 1. The molecule has 238 valence electrons. The van der Waals surface area contributed by atoms with Crippen LogP contribution in [0.5, 0.6) is 11.5 Å². The molecule has 2 fully saturated rings. The topological polar surface area (TPSA) is 119 Å².